The zero-order valence-corrected chi connectivity index (χ0v) is 12.7. The van der Waals surface area contributed by atoms with E-state index in [1.54, 1.807) is 5.51 Å². The fraction of sp³-hybridized carbons (Fsp3) is 0.500. The largest absolute Gasteiger partial charge is 0.361 e. The van der Waals surface area contributed by atoms with Crippen molar-refractivity contribution in [2.45, 2.75) is 33.4 Å². The molecule has 0 radical (unpaired) electrons. The highest BCUT2D eigenvalue weighted by molar-refractivity contribution is 7.13. The molecule has 1 amide bonds. The molecule has 0 bridgehead atoms. The summed E-state index contributed by atoms with van der Waals surface area (Å²) in [6, 6.07) is -0.299. The van der Waals surface area contributed by atoms with Gasteiger partial charge in [0.25, 0.3) is 0 Å². The van der Waals surface area contributed by atoms with Gasteiger partial charge in [-0.2, -0.15) is 0 Å². The van der Waals surface area contributed by atoms with E-state index in [-0.39, 0.29) is 11.9 Å². The number of hydrogen-bond donors (Lipinski definition) is 1. The van der Waals surface area contributed by atoms with Crippen LogP contribution in [0.4, 0.5) is 5.13 Å². The van der Waals surface area contributed by atoms with Crippen LogP contribution in [0.15, 0.2) is 10.0 Å². The molecule has 20 heavy (non-hydrogen) atoms. The summed E-state index contributed by atoms with van der Waals surface area (Å²) >= 11 is 1.29. The van der Waals surface area contributed by atoms with Crippen molar-refractivity contribution in [2.75, 3.05) is 12.4 Å². The number of nitrogens with one attached hydrogen (secondary N) is 1. The summed E-state index contributed by atoms with van der Waals surface area (Å²) < 4.78 is 5.13. The lowest BCUT2D eigenvalue weighted by molar-refractivity contribution is -0.120. The standard InChI is InChI=1S/C12H17N5O2S/c1-7-10(9(3)19-16-7)5-17(4)8(2)11(18)14-12-15-13-6-20-12/h6,8H,5H2,1-4H3,(H,14,15,18)/t8-/m1/s1. The van der Waals surface area contributed by atoms with Crippen molar-refractivity contribution < 1.29 is 9.32 Å². The Kier molecular flexibility index (Phi) is 4.46. The molecule has 0 unspecified atom stereocenters. The van der Waals surface area contributed by atoms with Crippen LogP contribution in [0.5, 0.6) is 0 Å². The SMILES string of the molecule is Cc1noc(C)c1CN(C)[C@H](C)C(=O)Nc1nncs1. The van der Waals surface area contributed by atoms with Crippen LogP contribution in [0.2, 0.25) is 0 Å². The number of aromatic nitrogens is 3. The molecular formula is C12H17N5O2S. The molecule has 0 aliphatic rings. The molecule has 0 aromatic carbocycles. The summed E-state index contributed by atoms with van der Waals surface area (Å²) in [5, 5.41) is 14.6. The van der Waals surface area contributed by atoms with Gasteiger partial charge in [0.15, 0.2) is 0 Å². The van der Waals surface area contributed by atoms with E-state index >= 15 is 0 Å². The molecule has 0 fully saturated rings. The third-order valence-corrected chi connectivity index (χ3v) is 3.83. The lowest BCUT2D eigenvalue weighted by Crippen LogP contribution is -2.39. The lowest BCUT2D eigenvalue weighted by atomic mass is 10.1. The van der Waals surface area contributed by atoms with Gasteiger partial charge in [-0.3, -0.25) is 15.0 Å². The first-order valence-corrected chi connectivity index (χ1v) is 7.06. The first kappa shape index (κ1) is 14.6. The molecule has 2 aromatic heterocycles. The van der Waals surface area contributed by atoms with Crippen molar-refractivity contribution in [2.24, 2.45) is 0 Å². The maximum Gasteiger partial charge on any atom is 0.243 e. The lowest BCUT2D eigenvalue weighted by Gasteiger charge is -2.23. The Labute approximate surface area is 121 Å². The second kappa shape index (κ2) is 6.10. The molecule has 7 nitrogen and oxygen atoms in total. The molecule has 0 aliphatic carbocycles. The van der Waals surface area contributed by atoms with E-state index in [2.05, 4.69) is 20.7 Å². The molecule has 1 atom stereocenters. The Balaban J connectivity index is 1.98. The predicted octanol–water partition coefficient (Wildman–Crippen LogP) is 1.60. The molecule has 1 N–H and O–H groups in total. The zero-order valence-electron chi connectivity index (χ0n) is 11.9. The second-order valence-corrected chi connectivity index (χ2v) is 5.46. The van der Waals surface area contributed by atoms with Crippen LogP contribution in [-0.2, 0) is 11.3 Å². The minimum absolute atomic E-state index is 0.115. The van der Waals surface area contributed by atoms with Crippen molar-refractivity contribution >= 4 is 22.4 Å². The first-order valence-electron chi connectivity index (χ1n) is 6.18. The van der Waals surface area contributed by atoms with Crippen LogP contribution in [-0.4, -0.2) is 39.3 Å². The molecule has 0 spiro atoms. The third kappa shape index (κ3) is 3.20. The monoisotopic (exact) mass is 295 g/mol. The summed E-state index contributed by atoms with van der Waals surface area (Å²) in [6.45, 7) is 6.21. The fourth-order valence-corrected chi connectivity index (χ4v) is 2.20. The molecular weight excluding hydrogens is 278 g/mol. The van der Waals surface area contributed by atoms with Crippen molar-refractivity contribution in [1.29, 1.82) is 0 Å². The Morgan fingerprint density at radius 3 is 2.85 bits per heavy atom. The molecule has 2 rings (SSSR count). The highest BCUT2D eigenvalue weighted by atomic mass is 32.1. The highest BCUT2D eigenvalue weighted by Crippen LogP contribution is 2.16. The maximum atomic E-state index is 12.1. The number of aryl methyl sites for hydroxylation is 2. The van der Waals surface area contributed by atoms with Gasteiger partial charge in [0.1, 0.15) is 11.3 Å². The number of rotatable bonds is 5. The number of carbonyl (C=O) groups excluding carboxylic acids is 1. The van der Waals surface area contributed by atoms with Gasteiger partial charge < -0.3 is 4.52 Å². The van der Waals surface area contributed by atoms with E-state index in [1.165, 1.54) is 11.3 Å². The molecule has 108 valence electrons. The summed E-state index contributed by atoms with van der Waals surface area (Å²) in [7, 11) is 1.89. The quantitative estimate of drug-likeness (QED) is 0.902. The van der Waals surface area contributed by atoms with Crippen LogP contribution in [0, 0.1) is 13.8 Å². The van der Waals surface area contributed by atoms with Gasteiger partial charge in [0.05, 0.1) is 11.7 Å². The van der Waals surface area contributed by atoms with Gasteiger partial charge in [-0.15, -0.1) is 10.2 Å². The summed E-state index contributed by atoms with van der Waals surface area (Å²) in [4.78, 5) is 14.0. The van der Waals surface area contributed by atoms with E-state index in [0.717, 1.165) is 17.0 Å². The summed E-state index contributed by atoms with van der Waals surface area (Å²) in [5.74, 6) is 0.669. The van der Waals surface area contributed by atoms with Gasteiger partial charge in [0.2, 0.25) is 11.0 Å². The van der Waals surface area contributed by atoms with Crippen molar-refractivity contribution in [3.8, 4) is 0 Å². The van der Waals surface area contributed by atoms with Gasteiger partial charge >= 0.3 is 0 Å². The Morgan fingerprint density at radius 1 is 1.55 bits per heavy atom. The first-order chi connectivity index (χ1) is 9.49. The van der Waals surface area contributed by atoms with Crippen LogP contribution >= 0.6 is 11.3 Å². The summed E-state index contributed by atoms with van der Waals surface area (Å²) in [5.41, 5.74) is 3.45. The van der Waals surface area contributed by atoms with Gasteiger partial charge in [-0.25, -0.2) is 0 Å². The molecule has 8 heteroatoms. The van der Waals surface area contributed by atoms with E-state index in [9.17, 15) is 4.79 Å². The number of amides is 1. The van der Waals surface area contributed by atoms with E-state index in [4.69, 9.17) is 4.52 Å². The summed E-state index contributed by atoms with van der Waals surface area (Å²) in [6.07, 6.45) is 0. The Morgan fingerprint density at radius 2 is 2.30 bits per heavy atom. The molecule has 0 saturated heterocycles. The third-order valence-electron chi connectivity index (χ3n) is 3.22. The van der Waals surface area contributed by atoms with Gasteiger partial charge in [0, 0.05) is 12.1 Å². The number of anilines is 1. The van der Waals surface area contributed by atoms with Crippen molar-refractivity contribution in [1.82, 2.24) is 20.3 Å². The average Bonchev–Trinajstić information content (AvgIpc) is 3.02. The van der Waals surface area contributed by atoms with E-state index in [1.807, 2.05) is 32.7 Å². The van der Waals surface area contributed by atoms with Gasteiger partial charge in [-0.1, -0.05) is 16.5 Å². The van der Waals surface area contributed by atoms with Crippen LogP contribution in [0.25, 0.3) is 0 Å². The molecule has 0 aliphatic heterocycles. The average molecular weight is 295 g/mol. The Hall–Kier alpha value is -1.80. The minimum atomic E-state index is -0.299. The number of carbonyl (C=O) groups is 1. The van der Waals surface area contributed by atoms with Crippen LogP contribution < -0.4 is 5.32 Å². The number of hydrogen-bond acceptors (Lipinski definition) is 7. The fourth-order valence-electron chi connectivity index (χ4n) is 1.75. The van der Waals surface area contributed by atoms with Crippen molar-refractivity contribution in [3.63, 3.8) is 0 Å². The maximum absolute atomic E-state index is 12.1. The number of nitrogens with zero attached hydrogens (tertiary/aromatic N) is 4. The topological polar surface area (TPSA) is 84.2 Å². The molecule has 2 aromatic rings. The minimum Gasteiger partial charge on any atom is -0.361 e. The predicted molar refractivity (Wildman–Crippen MR) is 75.4 cm³/mol. The second-order valence-electron chi connectivity index (χ2n) is 4.63. The molecule has 0 saturated carbocycles. The van der Waals surface area contributed by atoms with Crippen LogP contribution in [0.3, 0.4) is 0 Å². The van der Waals surface area contributed by atoms with Gasteiger partial charge in [-0.05, 0) is 27.8 Å². The zero-order chi connectivity index (χ0) is 14.7. The van der Waals surface area contributed by atoms with Crippen LogP contribution in [0.1, 0.15) is 23.9 Å². The normalized spacial score (nSPS) is 12.7. The molecule has 2 heterocycles. The Bertz CT molecular complexity index is 561. The highest BCUT2D eigenvalue weighted by Gasteiger charge is 2.21. The van der Waals surface area contributed by atoms with E-state index < -0.39 is 0 Å². The van der Waals surface area contributed by atoms with E-state index in [0.29, 0.717) is 11.7 Å². The number of likely N-dealkylation sites (N-methyl/N-ethyl adjacent to an activating group) is 1. The smallest absolute Gasteiger partial charge is 0.243 e. The van der Waals surface area contributed by atoms with Crippen molar-refractivity contribution in [3.05, 3.63) is 22.5 Å².